The molecule has 0 saturated carbocycles. The maximum atomic E-state index is 5.69. The lowest BCUT2D eigenvalue weighted by atomic mass is 10.3. The van der Waals surface area contributed by atoms with E-state index in [0.29, 0.717) is 23.1 Å². The number of aryl methyl sites for hydroxylation is 2. The third-order valence-corrected chi connectivity index (χ3v) is 2.31. The largest absolute Gasteiger partial charge is 0.439 e. The van der Waals surface area contributed by atoms with Gasteiger partial charge in [0, 0.05) is 23.5 Å². The quantitative estimate of drug-likeness (QED) is 0.822. The molecule has 0 amide bonds. The van der Waals surface area contributed by atoms with E-state index in [4.69, 9.17) is 10.5 Å². The number of rotatable bonds is 3. The molecular weight excluding hydrogens is 214 g/mol. The fourth-order valence-electron chi connectivity index (χ4n) is 1.53. The van der Waals surface area contributed by atoms with Crippen LogP contribution in [-0.2, 0) is 6.42 Å². The van der Waals surface area contributed by atoms with E-state index in [1.165, 1.54) is 0 Å². The number of aromatic nitrogens is 2. The molecule has 0 spiro atoms. The molecule has 2 N–H and O–H groups in total. The van der Waals surface area contributed by atoms with Crippen LogP contribution in [0.1, 0.15) is 18.4 Å². The van der Waals surface area contributed by atoms with Gasteiger partial charge in [0.05, 0.1) is 0 Å². The Labute approximate surface area is 100 Å². The highest BCUT2D eigenvalue weighted by Gasteiger charge is 2.03. The van der Waals surface area contributed by atoms with Crippen molar-refractivity contribution in [2.45, 2.75) is 20.3 Å². The average molecular weight is 229 g/mol. The van der Waals surface area contributed by atoms with Crippen molar-refractivity contribution < 1.29 is 4.74 Å². The molecule has 2 rings (SSSR count). The Kier molecular flexibility index (Phi) is 3.23. The highest BCUT2D eigenvalue weighted by Crippen LogP contribution is 2.21. The van der Waals surface area contributed by atoms with Crippen LogP contribution >= 0.6 is 0 Å². The van der Waals surface area contributed by atoms with Gasteiger partial charge in [0.25, 0.3) is 0 Å². The monoisotopic (exact) mass is 229 g/mol. The van der Waals surface area contributed by atoms with Crippen molar-refractivity contribution in [3.8, 4) is 11.6 Å². The molecule has 0 aliphatic heterocycles. The maximum absolute atomic E-state index is 5.69. The molecule has 0 unspecified atom stereocenters. The molecule has 0 atom stereocenters. The lowest BCUT2D eigenvalue weighted by Gasteiger charge is -2.07. The van der Waals surface area contributed by atoms with Crippen molar-refractivity contribution in [3.63, 3.8) is 0 Å². The molecule has 2 aromatic rings. The van der Waals surface area contributed by atoms with Crippen molar-refractivity contribution in [2.75, 3.05) is 5.73 Å². The Hall–Kier alpha value is -2.10. The number of nitrogens with two attached hydrogens (primary N) is 1. The van der Waals surface area contributed by atoms with Gasteiger partial charge in [-0.1, -0.05) is 13.0 Å². The number of benzene rings is 1. The Morgan fingerprint density at radius 3 is 2.76 bits per heavy atom. The highest BCUT2D eigenvalue weighted by molar-refractivity contribution is 5.44. The summed E-state index contributed by atoms with van der Waals surface area (Å²) in [7, 11) is 0. The predicted molar refractivity (Wildman–Crippen MR) is 67.1 cm³/mol. The summed E-state index contributed by atoms with van der Waals surface area (Å²) in [4.78, 5) is 8.53. The molecule has 1 heterocycles. The van der Waals surface area contributed by atoms with Gasteiger partial charge in [-0.2, -0.15) is 4.98 Å². The second-order valence-corrected chi connectivity index (χ2v) is 3.77. The van der Waals surface area contributed by atoms with Gasteiger partial charge in [-0.3, -0.25) is 0 Å². The summed E-state index contributed by atoms with van der Waals surface area (Å²) < 4.78 is 5.65. The molecule has 0 radical (unpaired) electrons. The van der Waals surface area contributed by atoms with Crippen molar-refractivity contribution in [1.29, 1.82) is 0 Å². The molecule has 1 aromatic heterocycles. The minimum atomic E-state index is 0.556. The van der Waals surface area contributed by atoms with Crippen LogP contribution in [0.5, 0.6) is 11.6 Å². The number of nitrogens with zero attached hydrogens (tertiary/aromatic N) is 2. The van der Waals surface area contributed by atoms with Crippen LogP contribution in [0.2, 0.25) is 0 Å². The number of ether oxygens (including phenoxy) is 1. The normalized spacial score (nSPS) is 10.2. The van der Waals surface area contributed by atoms with Crippen LogP contribution in [0.15, 0.2) is 30.3 Å². The molecular formula is C13H15N3O. The molecule has 17 heavy (non-hydrogen) atoms. The van der Waals surface area contributed by atoms with Crippen LogP contribution in [0.3, 0.4) is 0 Å². The molecule has 4 nitrogen and oxygen atoms in total. The summed E-state index contributed by atoms with van der Waals surface area (Å²) in [6.07, 6.45) is 0.858. The Balaban J connectivity index is 2.26. The van der Waals surface area contributed by atoms with E-state index in [-0.39, 0.29) is 0 Å². The van der Waals surface area contributed by atoms with E-state index >= 15 is 0 Å². The van der Waals surface area contributed by atoms with Gasteiger partial charge < -0.3 is 10.5 Å². The van der Waals surface area contributed by atoms with Gasteiger partial charge in [-0.15, -0.1) is 0 Å². The van der Waals surface area contributed by atoms with E-state index in [9.17, 15) is 0 Å². The summed E-state index contributed by atoms with van der Waals surface area (Å²) in [5.74, 6) is 1.95. The van der Waals surface area contributed by atoms with Gasteiger partial charge in [-0.25, -0.2) is 4.98 Å². The molecule has 0 fully saturated rings. The van der Waals surface area contributed by atoms with Gasteiger partial charge in [0.1, 0.15) is 11.6 Å². The molecule has 0 bridgehead atoms. The zero-order valence-electron chi connectivity index (χ0n) is 9.97. The SMILES string of the molecule is CCc1cc(Oc2cccc(N)c2)nc(C)n1. The zero-order chi connectivity index (χ0) is 12.3. The molecule has 1 aromatic carbocycles. The Morgan fingerprint density at radius 2 is 2.06 bits per heavy atom. The first kappa shape index (κ1) is 11.4. The first-order chi connectivity index (χ1) is 8.17. The fourth-order valence-corrected chi connectivity index (χ4v) is 1.53. The fraction of sp³-hybridized carbons (Fsp3) is 0.231. The number of anilines is 1. The van der Waals surface area contributed by atoms with Gasteiger partial charge in [-0.05, 0) is 25.5 Å². The van der Waals surface area contributed by atoms with E-state index < -0.39 is 0 Å². The molecule has 0 aliphatic rings. The molecule has 4 heteroatoms. The third-order valence-electron chi connectivity index (χ3n) is 2.31. The number of hydrogen-bond donors (Lipinski definition) is 1. The summed E-state index contributed by atoms with van der Waals surface area (Å²) in [5.41, 5.74) is 7.32. The van der Waals surface area contributed by atoms with E-state index in [2.05, 4.69) is 9.97 Å². The van der Waals surface area contributed by atoms with E-state index in [1.807, 2.05) is 38.1 Å². The van der Waals surface area contributed by atoms with E-state index in [1.54, 1.807) is 6.07 Å². The second-order valence-electron chi connectivity index (χ2n) is 3.77. The van der Waals surface area contributed by atoms with Crippen LogP contribution in [0, 0.1) is 6.92 Å². The summed E-state index contributed by atoms with van der Waals surface area (Å²) in [5, 5.41) is 0. The smallest absolute Gasteiger partial charge is 0.222 e. The first-order valence-corrected chi connectivity index (χ1v) is 5.55. The second kappa shape index (κ2) is 4.82. The van der Waals surface area contributed by atoms with Crippen LogP contribution in [0.25, 0.3) is 0 Å². The highest BCUT2D eigenvalue weighted by atomic mass is 16.5. The van der Waals surface area contributed by atoms with Crippen LogP contribution in [-0.4, -0.2) is 9.97 Å². The Morgan fingerprint density at radius 1 is 1.24 bits per heavy atom. The van der Waals surface area contributed by atoms with Gasteiger partial charge in [0.2, 0.25) is 5.88 Å². The lowest BCUT2D eigenvalue weighted by molar-refractivity contribution is 0.459. The predicted octanol–water partition coefficient (Wildman–Crippen LogP) is 2.72. The number of hydrogen-bond acceptors (Lipinski definition) is 4. The summed E-state index contributed by atoms with van der Waals surface area (Å²) >= 11 is 0. The van der Waals surface area contributed by atoms with Gasteiger partial charge in [0.15, 0.2) is 0 Å². The Bertz CT molecular complexity index is 526. The third kappa shape index (κ3) is 2.93. The van der Waals surface area contributed by atoms with Crippen molar-refractivity contribution in [1.82, 2.24) is 9.97 Å². The van der Waals surface area contributed by atoms with Gasteiger partial charge >= 0.3 is 0 Å². The average Bonchev–Trinajstić information content (AvgIpc) is 2.28. The minimum absolute atomic E-state index is 0.556. The molecule has 0 aliphatic carbocycles. The zero-order valence-corrected chi connectivity index (χ0v) is 9.97. The minimum Gasteiger partial charge on any atom is -0.439 e. The summed E-state index contributed by atoms with van der Waals surface area (Å²) in [6.45, 7) is 3.90. The van der Waals surface area contributed by atoms with Crippen molar-refractivity contribution in [3.05, 3.63) is 41.9 Å². The topological polar surface area (TPSA) is 61.0 Å². The van der Waals surface area contributed by atoms with Crippen molar-refractivity contribution >= 4 is 5.69 Å². The van der Waals surface area contributed by atoms with E-state index in [0.717, 1.165) is 12.1 Å². The van der Waals surface area contributed by atoms with Crippen LogP contribution in [0.4, 0.5) is 5.69 Å². The van der Waals surface area contributed by atoms with Crippen LogP contribution < -0.4 is 10.5 Å². The maximum Gasteiger partial charge on any atom is 0.222 e. The first-order valence-electron chi connectivity index (χ1n) is 5.55. The summed E-state index contributed by atoms with van der Waals surface area (Å²) in [6, 6.07) is 9.12. The lowest BCUT2D eigenvalue weighted by Crippen LogP contribution is -1.97. The number of nitrogen functional groups attached to an aromatic ring is 1. The van der Waals surface area contributed by atoms with Crippen molar-refractivity contribution in [2.24, 2.45) is 0 Å². The molecule has 88 valence electrons. The standard InChI is InChI=1S/C13H15N3O/c1-3-11-8-13(16-9(2)15-11)17-12-6-4-5-10(14)7-12/h4-8H,3,14H2,1-2H3. The molecule has 0 saturated heterocycles.